The molecule has 1 aliphatic rings. The van der Waals surface area contributed by atoms with E-state index in [2.05, 4.69) is 32.5 Å². The third-order valence-corrected chi connectivity index (χ3v) is 6.30. The molecule has 168 valence electrons. The van der Waals surface area contributed by atoms with Crippen molar-refractivity contribution in [2.75, 3.05) is 32.0 Å². The monoisotopic (exact) mass is 455 g/mol. The van der Waals surface area contributed by atoms with Crippen LogP contribution in [0, 0.1) is 5.82 Å². The molecule has 1 saturated heterocycles. The Morgan fingerprint density at radius 2 is 1.97 bits per heavy atom. The van der Waals surface area contributed by atoms with Gasteiger partial charge >= 0.3 is 0 Å². The molecule has 2 heterocycles. The Morgan fingerprint density at radius 1 is 1.19 bits per heavy atom. The summed E-state index contributed by atoms with van der Waals surface area (Å²) in [5, 5.41) is 11.7. The van der Waals surface area contributed by atoms with Crippen LogP contribution in [-0.2, 0) is 23.1 Å². The number of thioether (sulfide) groups is 1. The van der Waals surface area contributed by atoms with E-state index in [-0.39, 0.29) is 23.6 Å². The summed E-state index contributed by atoms with van der Waals surface area (Å²) in [7, 11) is 1.76. The lowest BCUT2D eigenvalue weighted by Crippen LogP contribution is -2.47. The molecule has 0 bridgehead atoms. The van der Waals surface area contributed by atoms with Crippen LogP contribution in [0.1, 0.15) is 5.56 Å². The minimum atomic E-state index is -0.355. The summed E-state index contributed by atoms with van der Waals surface area (Å²) in [5.41, 5.74) is 1.65. The first-order valence-electron chi connectivity index (χ1n) is 10.5. The molecular formula is C23H26FN5O2S. The smallest absolute Gasteiger partial charge is 0.230 e. The lowest BCUT2D eigenvalue weighted by molar-refractivity contribution is -0.119. The maximum Gasteiger partial charge on any atom is 0.230 e. The predicted octanol–water partition coefficient (Wildman–Crippen LogP) is 2.73. The van der Waals surface area contributed by atoms with Crippen molar-refractivity contribution in [3.63, 3.8) is 0 Å². The van der Waals surface area contributed by atoms with Crippen LogP contribution in [0.2, 0.25) is 0 Å². The van der Waals surface area contributed by atoms with Crippen molar-refractivity contribution in [2.24, 2.45) is 7.05 Å². The van der Waals surface area contributed by atoms with Crippen LogP contribution in [0.15, 0.2) is 59.8 Å². The van der Waals surface area contributed by atoms with Gasteiger partial charge in [0.15, 0.2) is 11.0 Å². The van der Waals surface area contributed by atoms with Crippen molar-refractivity contribution in [3.8, 4) is 11.4 Å². The second kappa shape index (κ2) is 10.7. The van der Waals surface area contributed by atoms with Crippen LogP contribution < -0.4 is 5.32 Å². The fraction of sp³-hybridized carbons (Fsp3) is 0.348. The summed E-state index contributed by atoms with van der Waals surface area (Å²) in [6.45, 7) is 3.65. The average molecular weight is 456 g/mol. The molecule has 9 heteroatoms. The lowest BCUT2D eigenvalue weighted by Gasteiger charge is -2.33. The Labute approximate surface area is 191 Å². The van der Waals surface area contributed by atoms with Gasteiger partial charge in [-0.25, -0.2) is 4.39 Å². The van der Waals surface area contributed by atoms with Crippen molar-refractivity contribution < 1.29 is 13.9 Å². The molecule has 1 N–H and O–H groups in total. The zero-order valence-corrected chi connectivity index (χ0v) is 18.7. The van der Waals surface area contributed by atoms with E-state index in [1.807, 2.05) is 18.2 Å². The van der Waals surface area contributed by atoms with Crippen molar-refractivity contribution in [3.05, 3.63) is 66.0 Å². The molecule has 1 fully saturated rings. The molecule has 1 atom stereocenters. The molecule has 2 aromatic carbocycles. The highest BCUT2D eigenvalue weighted by Gasteiger charge is 2.21. The first-order chi connectivity index (χ1) is 15.6. The molecule has 7 nitrogen and oxygen atoms in total. The van der Waals surface area contributed by atoms with Gasteiger partial charge < -0.3 is 14.6 Å². The van der Waals surface area contributed by atoms with E-state index >= 15 is 0 Å². The van der Waals surface area contributed by atoms with Crippen LogP contribution in [0.3, 0.4) is 0 Å². The molecule has 4 rings (SSSR count). The van der Waals surface area contributed by atoms with E-state index in [1.165, 1.54) is 23.4 Å². The largest absolute Gasteiger partial charge is 0.374 e. The number of amides is 1. The van der Waals surface area contributed by atoms with Crippen LogP contribution in [0.4, 0.5) is 4.39 Å². The SMILES string of the molecule is Cn1c(SCC(=O)NCC2CN(Cc3ccccc3)CCO2)nnc1-c1ccccc1F. The summed E-state index contributed by atoms with van der Waals surface area (Å²) >= 11 is 1.27. The average Bonchev–Trinajstić information content (AvgIpc) is 3.17. The highest BCUT2D eigenvalue weighted by atomic mass is 32.2. The molecule has 0 saturated carbocycles. The second-order valence-corrected chi connectivity index (χ2v) is 8.59. The molecule has 1 aliphatic heterocycles. The predicted molar refractivity (Wildman–Crippen MR) is 122 cm³/mol. The maximum atomic E-state index is 14.0. The first kappa shape index (κ1) is 22.4. The quantitative estimate of drug-likeness (QED) is 0.527. The van der Waals surface area contributed by atoms with Crippen molar-refractivity contribution in [1.82, 2.24) is 25.0 Å². The molecule has 1 unspecified atom stereocenters. The van der Waals surface area contributed by atoms with Gasteiger partial charge in [-0.15, -0.1) is 10.2 Å². The normalized spacial score (nSPS) is 16.8. The highest BCUT2D eigenvalue weighted by Crippen LogP contribution is 2.24. The van der Waals surface area contributed by atoms with Gasteiger partial charge in [0.05, 0.1) is 24.0 Å². The van der Waals surface area contributed by atoms with Crippen molar-refractivity contribution in [1.29, 1.82) is 0 Å². The van der Waals surface area contributed by atoms with Gasteiger partial charge in [-0.2, -0.15) is 0 Å². The topological polar surface area (TPSA) is 72.3 Å². The number of carbonyl (C=O) groups is 1. The Hall–Kier alpha value is -2.75. The van der Waals surface area contributed by atoms with Gasteiger partial charge in [0.25, 0.3) is 0 Å². The number of hydrogen-bond acceptors (Lipinski definition) is 6. The number of benzene rings is 2. The van der Waals surface area contributed by atoms with E-state index in [1.54, 1.807) is 29.8 Å². The minimum Gasteiger partial charge on any atom is -0.374 e. The van der Waals surface area contributed by atoms with Crippen LogP contribution in [0.5, 0.6) is 0 Å². The first-order valence-corrected chi connectivity index (χ1v) is 11.5. The van der Waals surface area contributed by atoms with Gasteiger partial charge in [-0.1, -0.05) is 54.2 Å². The van der Waals surface area contributed by atoms with Crippen LogP contribution >= 0.6 is 11.8 Å². The zero-order valence-electron chi connectivity index (χ0n) is 17.9. The Balaban J connectivity index is 1.24. The standard InChI is InChI=1S/C23H26FN5O2S/c1-28-22(19-9-5-6-10-20(19)24)26-27-23(28)32-16-21(30)25-13-18-15-29(11-12-31-18)14-17-7-3-2-4-8-17/h2-10,18H,11-16H2,1H3,(H,25,30). The maximum absolute atomic E-state index is 14.0. The Morgan fingerprint density at radius 3 is 2.78 bits per heavy atom. The number of ether oxygens (including phenoxy) is 1. The number of rotatable bonds is 8. The number of aromatic nitrogens is 3. The van der Waals surface area contributed by atoms with E-state index in [9.17, 15) is 9.18 Å². The summed E-state index contributed by atoms with van der Waals surface area (Å²) in [6, 6.07) is 16.8. The number of nitrogens with one attached hydrogen (secondary N) is 1. The van der Waals surface area contributed by atoms with Gasteiger partial charge in [0, 0.05) is 33.2 Å². The van der Waals surface area contributed by atoms with Crippen LogP contribution in [-0.4, -0.2) is 63.7 Å². The summed E-state index contributed by atoms with van der Waals surface area (Å²) in [4.78, 5) is 14.7. The number of morpholine rings is 1. The molecule has 0 aliphatic carbocycles. The third-order valence-electron chi connectivity index (χ3n) is 5.28. The zero-order chi connectivity index (χ0) is 22.3. The molecule has 1 amide bonds. The number of halogens is 1. The fourth-order valence-corrected chi connectivity index (χ4v) is 4.36. The number of nitrogens with zero attached hydrogens (tertiary/aromatic N) is 4. The molecule has 0 spiro atoms. The summed E-state index contributed by atoms with van der Waals surface area (Å²) in [6.07, 6.45) is -0.0381. The van der Waals surface area contributed by atoms with Crippen molar-refractivity contribution in [2.45, 2.75) is 17.8 Å². The third kappa shape index (κ3) is 5.73. The number of hydrogen-bond donors (Lipinski definition) is 1. The molecule has 0 radical (unpaired) electrons. The molecule has 1 aromatic heterocycles. The van der Waals surface area contributed by atoms with E-state index < -0.39 is 0 Å². The van der Waals surface area contributed by atoms with Gasteiger partial charge in [0.1, 0.15) is 5.82 Å². The molecular weight excluding hydrogens is 429 g/mol. The minimum absolute atomic E-state index is 0.0381. The fourth-order valence-electron chi connectivity index (χ4n) is 3.62. The second-order valence-electron chi connectivity index (χ2n) is 7.65. The molecule has 32 heavy (non-hydrogen) atoms. The van der Waals surface area contributed by atoms with E-state index in [4.69, 9.17) is 4.74 Å². The lowest BCUT2D eigenvalue weighted by atomic mass is 10.2. The van der Waals surface area contributed by atoms with Gasteiger partial charge in [-0.3, -0.25) is 9.69 Å². The van der Waals surface area contributed by atoms with Gasteiger partial charge in [-0.05, 0) is 17.7 Å². The highest BCUT2D eigenvalue weighted by molar-refractivity contribution is 7.99. The summed E-state index contributed by atoms with van der Waals surface area (Å²) in [5.74, 6) is 0.171. The van der Waals surface area contributed by atoms with Crippen LogP contribution in [0.25, 0.3) is 11.4 Å². The van der Waals surface area contributed by atoms with E-state index in [0.717, 1.165) is 19.6 Å². The van der Waals surface area contributed by atoms with Crippen molar-refractivity contribution >= 4 is 17.7 Å². The van der Waals surface area contributed by atoms with E-state index in [0.29, 0.717) is 29.7 Å². The Bertz CT molecular complexity index is 1050. The Kier molecular flexibility index (Phi) is 7.51. The molecule has 3 aromatic rings. The summed E-state index contributed by atoms with van der Waals surface area (Å²) < 4.78 is 21.6. The number of carbonyl (C=O) groups excluding carboxylic acids is 1. The van der Waals surface area contributed by atoms with Gasteiger partial charge in [0.2, 0.25) is 5.91 Å².